The van der Waals surface area contributed by atoms with Crippen molar-refractivity contribution >= 4 is 0 Å². The fourth-order valence-corrected chi connectivity index (χ4v) is 1.63. The Labute approximate surface area is 139 Å². The largest absolute Gasteiger partial charge is 0.460 e. The summed E-state index contributed by atoms with van der Waals surface area (Å²) in [6, 6.07) is 0. The third-order valence-corrected chi connectivity index (χ3v) is 3.26. The summed E-state index contributed by atoms with van der Waals surface area (Å²) in [6.45, 7) is 1.66. The first-order chi connectivity index (χ1) is 11.3. The molecule has 0 aromatic heterocycles. The number of hydrogen-bond acceptors (Lipinski definition) is 0. The van der Waals surface area contributed by atoms with E-state index in [2.05, 4.69) is 0 Å². The maximum Gasteiger partial charge on any atom is 0.460 e. The molecule has 0 fully saturated rings. The van der Waals surface area contributed by atoms with Gasteiger partial charge in [0.05, 0.1) is 0 Å². The number of hydrogen-bond donors (Lipinski definition) is 0. The quantitative estimate of drug-likeness (QED) is 0.219. The van der Waals surface area contributed by atoms with Crippen molar-refractivity contribution in [2.24, 2.45) is 0 Å². The fourth-order valence-electron chi connectivity index (χ4n) is 1.63. The lowest BCUT2D eigenvalue weighted by Gasteiger charge is -2.39. The number of alkyl halides is 13. The monoisotopic (exact) mass is 416 g/mol. The minimum atomic E-state index is -7.85. The second-order valence-electron chi connectivity index (χ2n) is 5.32. The van der Waals surface area contributed by atoms with E-state index in [-0.39, 0.29) is 18.9 Å². The lowest BCUT2D eigenvalue weighted by atomic mass is 9.93. The van der Waals surface area contributed by atoms with Crippen molar-refractivity contribution in [3.63, 3.8) is 0 Å². The molecule has 0 heterocycles. The molecule has 0 atom stereocenters. The van der Waals surface area contributed by atoms with Gasteiger partial charge in [0.1, 0.15) is 0 Å². The molecule has 0 aliphatic heterocycles. The topological polar surface area (TPSA) is 0 Å². The zero-order chi connectivity index (χ0) is 21.2. The lowest BCUT2D eigenvalue weighted by Crippen LogP contribution is -2.69. The van der Waals surface area contributed by atoms with Crippen molar-refractivity contribution in [2.75, 3.05) is 0 Å². The molecule has 0 saturated heterocycles. The van der Waals surface area contributed by atoms with Crippen LogP contribution in [0.2, 0.25) is 0 Å². The second-order valence-corrected chi connectivity index (χ2v) is 5.32. The number of rotatable bonds is 9. The number of allylic oxidation sites excluding steroid dienone is 2. The molecule has 0 aromatic carbocycles. The highest BCUT2D eigenvalue weighted by atomic mass is 19.4. The standard InChI is InChI=1S/C13H13F13/c1-2-3-4-5-6-7-8(14,15)9(16,17)10(18,19)11(20,21)12(22,23)13(24,25)26/h6-7H,2-5H2,1H3/b7-6+. The highest BCUT2D eigenvalue weighted by Crippen LogP contribution is 2.60. The molecule has 0 N–H and O–H groups in total. The van der Waals surface area contributed by atoms with Gasteiger partial charge in [-0.2, -0.15) is 57.1 Å². The summed E-state index contributed by atoms with van der Waals surface area (Å²) >= 11 is 0. The molecule has 0 aromatic rings. The van der Waals surface area contributed by atoms with Crippen molar-refractivity contribution in [1.29, 1.82) is 0 Å². The first kappa shape index (κ1) is 24.8. The van der Waals surface area contributed by atoms with E-state index in [1.807, 2.05) is 0 Å². The van der Waals surface area contributed by atoms with Crippen molar-refractivity contribution < 1.29 is 57.1 Å². The van der Waals surface area contributed by atoms with Gasteiger partial charge in [0.15, 0.2) is 0 Å². The van der Waals surface area contributed by atoms with Crippen LogP contribution in [0, 0.1) is 0 Å². The molecule has 0 spiro atoms. The van der Waals surface area contributed by atoms with E-state index in [9.17, 15) is 57.1 Å². The summed E-state index contributed by atoms with van der Waals surface area (Å²) in [4.78, 5) is 0. The van der Waals surface area contributed by atoms with E-state index in [4.69, 9.17) is 0 Å². The minimum absolute atomic E-state index is 0.132. The van der Waals surface area contributed by atoms with Crippen LogP contribution in [-0.4, -0.2) is 35.8 Å². The molecule has 0 amide bonds. The molecule has 0 nitrogen and oxygen atoms in total. The van der Waals surface area contributed by atoms with Crippen molar-refractivity contribution in [3.8, 4) is 0 Å². The molecular weight excluding hydrogens is 403 g/mol. The van der Waals surface area contributed by atoms with E-state index in [0.717, 1.165) is 0 Å². The SMILES string of the molecule is CCCCC/C=C/C(F)(F)C(F)(F)C(F)(F)C(F)(F)C(F)(F)C(F)(F)F. The van der Waals surface area contributed by atoms with Gasteiger partial charge in [-0.3, -0.25) is 0 Å². The van der Waals surface area contributed by atoms with Gasteiger partial charge in [-0.15, -0.1) is 0 Å². The van der Waals surface area contributed by atoms with Gasteiger partial charge in [-0.05, 0) is 18.9 Å². The molecule has 0 aliphatic rings. The van der Waals surface area contributed by atoms with Crippen LogP contribution >= 0.6 is 0 Å². The molecule has 0 radical (unpaired) electrons. The molecule has 156 valence electrons. The first-order valence-electron chi connectivity index (χ1n) is 6.94. The lowest BCUT2D eigenvalue weighted by molar-refractivity contribution is -0.436. The van der Waals surface area contributed by atoms with Gasteiger partial charge < -0.3 is 0 Å². The molecule has 26 heavy (non-hydrogen) atoms. The average Bonchev–Trinajstić information content (AvgIpc) is 2.44. The Morgan fingerprint density at radius 2 is 1.00 bits per heavy atom. The number of unbranched alkanes of at least 4 members (excludes halogenated alkanes) is 3. The molecule has 0 aliphatic carbocycles. The Kier molecular flexibility index (Phi) is 7.12. The van der Waals surface area contributed by atoms with Crippen LogP contribution in [0.5, 0.6) is 0 Å². The van der Waals surface area contributed by atoms with Gasteiger partial charge in [-0.25, -0.2) is 0 Å². The van der Waals surface area contributed by atoms with Gasteiger partial charge in [0.25, 0.3) is 0 Å². The highest BCUT2D eigenvalue weighted by Gasteiger charge is 2.90. The van der Waals surface area contributed by atoms with E-state index < -0.39 is 41.9 Å². The van der Waals surface area contributed by atoms with Crippen molar-refractivity contribution in [1.82, 2.24) is 0 Å². The summed E-state index contributed by atoms with van der Waals surface area (Å²) in [5.74, 6) is -36.6. The summed E-state index contributed by atoms with van der Waals surface area (Å²) in [7, 11) is 0. The second kappa shape index (κ2) is 7.45. The fraction of sp³-hybridized carbons (Fsp3) is 0.846. The zero-order valence-corrected chi connectivity index (χ0v) is 12.9. The van der Waals surface area contributed by atoms with Gasteiger partial charge in [-0.1, -0.05) is 25.8 Å². The van der Waals surface area contributed by atoms with Crippen molar-refractivity contribution in [3.05, 3.63) is 12.2 Å². The summed E-state index contributed by atoms with van der Waals surface area (Å²) in [5.41, 5.74) is 0. The van der Waals surface area contributed by atoms with E-state index >= 15 is 0 Å². The molecule has 0 unspecified atom stereocenters. The predicted octanol–water partition coefficient (Wildman–Crippen LogP) is 6.86. The Bertz CT molecular complexity index is 487. The Morgan fingerprint density at radius 1 is 0.577 bits per heavy atom. The van der Waals surface area contributed by atoms with Gasteiger partial charge in [0, 0.05) is 0 Å². The van der Waals surface area contributed by atoms with Crippen LogP contribution < -0.4 is 0 Å². The number of halogens is 13. The van der Waals surface area contributed by atoms with E-state index in [0.29, 0.717) is 12.8 Å². The maximum absolute atomic E-state index is 13.2. The van der Waals surface area contributed by atoms with Crippen LogP contribution in [-0.2, 0) is 0 Å². The van der Waals surface area contributed by atoms with Crippen LogP contribution in [0.4, 0.5) is 57.1 Å². The normalized spacial score (nSPS) is 15.8. The molecule has 0 saturated carbocycles. The molecular formula is C13H13F13. The smallest absolute Gasteiger partial charge is 0.195 e. The Hall–Kier alpha value is -1.17. The predicted molar refractivity (Wildman–Crippen MR) is 64.1 cm³/mol. The highest BCUT2D eigenvalue weighted by molar-refractivity contribution is 5.15. The Balaban J connectivity index is 5.85. The first-order valence-corrected chi connectivity index (χ1v) is 6.94. The summed E-state index contributed by atoms with van der Waals surface area (Å²) in [6.07, 6.45) is -7.34. The Morgan fingerprint density at radius 3 is 1.38 bits per heavy atom. The van der Waals surface area contributed by atoms with Gasteiger partial charge >= 0.3 is 35.8 Å². The van der Waals surface area contributed by atoms with Crippen molar-refractivity contribution in [2.45, 2.75) is 68.4 Å². The van der Waals surface area contributed by atoms with E-state index in [1.165, 1.54) is 0 Å². The third kappa shape index (κ3) is 4.05. The molecule has 0 bridgehead atoms. The minimum Gasteiger partial charge on any atom is -0.195 e. The van der Waals surface area contributed by atoms with Crippen LogP contribution in [0.3, 0.4) is 0 Å². The van der Waals surface area contributed by atoms with Crippen LogP contribution in [0.15, 0.2) is 12.2 Å². The summed E-state index contributed by atoms with van der Waals surface area (Å²) in [5, 5.41) is 0. The van der Waals surface area contributed by atoms with Gasteiger partial charge in [0.2, 0.25) is 0 Å². The third-order valence-electron chi connectivity index (χ3n) is 3.26. The van der Waals surface area contributed by atoms with Crippen LogP contribution in [0.1, 0.15) is 32.6 Å². The van der Waals surface area contributed by atoms with E-state index in [1.54, 1.807) is 6.92 Å². The summed E-state index contributed by atoms with van der Waals surface area (Å²) < 4.78 is 166. The average molecular weight is 416 g/mol. The maximum atomic E-state index is 13.2. The molecule has 0 rings (SSSR count). The zero-order valence-electron chi connectivity index (χ0n) is 12.9. The van der Waals surface area contributed by atoms with Crippen LogP contribution in [0.25, 0.3) is 0 Å². The molecule has 13 heteroatoms.